The fourth-order valence-corrected chi connectivity index (χ4v) is 4.71. The van der Waals surface area contributed by atoms with Crippen molar-refractivity contribution in [3.8, 4) is 0 Å². The largest absolute Gasteiger partial charge is 0.298 e. The van der Waals surface area contributed by atoms with Crippen molar-refractivity contribution in [1.29, 1.82) is 0 Å². The van der Waals surface area contributed by atoms with E-state index in [9.17, 15) is 0 Å². The Labute approximate surface area is 137 Å². The third kappa shape index (κ3) is 2.37. The lowest BCUT2D eigenvalue weighted by molar-refractivity contribution is 0.240. The monoisotopic (exact) mass is 311 g/mol. The molecule has 1 heterocycles. The maximum atomic E-state index is 6.43. The highest BCUT2D eigenvalue weighted by atomic mass is 35.5. The molecule has 0 saturated carbocycles. The van der Waals surface area contributed by atoms with Gasteiger partial charge >= 0.3 is 0 Å². The molecule has 0 bridgehead atoms. The van der Waals surface area contributed by atoms with Gasteiger partial charge < -0.3 is 0 Å². The molecule has 2 heteroatoms. The van der Waals surface area contributed by atoms with E-state index < -0.39 is 0 Å². The van der Waals surface area contributed by atoms with Crippen molar-refractivity contribution < 1.29 is 0 Å². The van der Waals surface area contributed by atoms with E-state index >= 15 is 0 Å². The molecule has 2 atom stereocenters. The van der Waals surface area contributed by atoms with Gasteiger partial charge in [-0.05, 0) is 41.0 Å². The molecule has 1 saturated heterocycles. The van der Waals surface area contributed by atoms with E-state index in [0.717, 1.165) is 24.5 Å². The minimum Gasteiger partial charge on any atom is -0.298 e. The fraction of sp³-hybridized carbons (Fsp3) is 0.400. The van der Waals surface area contributed by atoms with Crippen molar-refractivity contribution in [3.63, 3.8) is 0 Å². The van der Waals surface area contributed by atoms with E-state index in [-0.39, 0.29) is 0 Å². The van der Waals surface area contributed by atoms with Gasteiger partial charge in [0.05, 0.1) is 0 Å². The van der Waals surface area contributed by atoms with Crippen LogP contribution >= 0.6 is 11.6 Å². The van der Waals surface area contributed by atoms with Gasteiger partial charge in [-0.3, -0.25) is 4.90 Å². The maximum Gasteiger partial charge on any atom is 0.0440 e. The number of benzene rings is 2. The summed E-state index contributed by atoms with van der Waals surface area (Å²) >= 11 is 6.43. The van der Waals surface area contributed by atoms with Gasteiger partial charge in [0.1, 0.15) is 0 Å². The topological polar surface area (TPSA) is 3.24 Å². The minimum atomic E-state index is 0.395. The van der Waals surface area contributed by atoms with Crippen LogP contribution in [0.4, 0.5) is 0 Å². The standard InChI is InChI=1S/C20H22ClN/c1-20-11-10-17-16(8-5-9-19(17)21)18(20)13-22(14-20)12-15-6-3-2-4-7-15/h2-9,18H,10-14H2,1H3/t18-,20-/m0/s1. The molecule has 1 aliphatic carbocycles. The van der Waals surface area contributed by atoms with E-state index in [2.05, 4.69) is 54.3 Å². The predicted molar refractivity (Wildman–Crippen MR) is 92.3 cm³/mol. The van der Waals surface area contributed by atoms with Crippen molar-refractivity contribution >= 4 is 11.6 Å². The molecule has 0 radical (unpaired) electrons. The van der Waals surface area contributed by atoms with Crippen LogP contribution in [0, 0.1) is 5.41 Å². The van der Waals surface area contributed by atoms with Crippen molar-refractivity contribution in [2.24, 2.45) is 5.41 Å². The van der Waals surface area contributed by atoms with Crippen LogP contribution in [0.25, 0.3) is 0 Å². The molecular weight excluding hydrogens is 290 g/mol. The lowest BCUT2D eigenvalue weighted by Gasteiger charge is -2.37. The first-order valence-electron chi connectivity index (χ1n) is 8.19. The Morgan fingerprint density at radius 3 is 2.77 bits per heavy atom. The summed E-state index contributed by atoms with van der Waals surface area (Å²) in [5, 5.41) is 0.959. The average Bonchev–Trinajstić information content (AvgIpc) is 2.85. The predicted octanol–water partition coefficient (Wildman–Crippen LogP) is 4.89. The Bertz CT molecular complexity index is 681. The lowest BCUT2D eigenvalue weighted by Crippen LogP contribution is -2.30. The fourth-order valence-electron chi connectivity index (χ4n) is 4.43. The van der Waals surface area contributed by atoms with Crippen molar-refractivity contribution in [1.82, 2.24) is 4.90 Å². The van der Waals surface area contributed by atoms with Crippen LogP contribution in [0.2, 0.25) is 5.02 Å². The molecule has 1 fully saturated rings. The van der Waals surface area contributed by atoms with Crippen molar-refractivity contribution in [2.75, 3.05) is 13.1 Å². The van der Waals surface area contributed by atoms with E-state index in [1.807, 2.05) is 6.07 Å². The minimum absolute atomic E-state index is 0.395. The number of hydrogen-bond donors (Lipinski definition) is 0. The molecule has 0 unspecified atom stereocenters. The summed E-state index contributed by atoms with van der Waals surface area (Å²) in [6, 6.07) is 17.3. The molecular formula is C20H22ClN. The number of fused-ring (bicyclic) bond motifs is 3. The van der Waals surface area contributed by atoms with Crippen LogP contribution < -0.4 is 0 Å². The summed E-state index contributed by atoms with van der Waals surface area (Å²) in [4.78, 5) is 2.62. The molecule has 1 aliphatic heterocycles. The zero-order chi connectivity index (χ0) is 15.2. The summed E-state index contributed by atoms with van der Waals surface area (Å²) in [7, 11) is 0. The Morgan fingerprint density at radius 2 is 1.95 bits per heavy atom. The molecule has 2 aliphatic rings. The number of likely N-dealkylation sites (tertiary alicyclic amines) is 1. The zero-order valence-electron chi connectivity index (χ0n) is 13.1. The normalized spacial score (nSPS) is 27.5. The summed E-state index contributed by atoms with van der Waals surface area (Å²) in [6.45, 7) is 5.87. The summed E-state index contributed by atoms with van der Waals surface area (Å²) in [5.74, 6) is 0.624. The van der Waals surface area contributed by atoms with Crippen LogP contribution in [0.5, 0.6) is 0 Å². The Hall–Kier alpha value is -1.31. The van der Waals surface area contributed by atoms with Gasteiger partial charge in [0.25, 0.3) is 0 Å². The summed E-state index contributed by atoms with van der Waals surface area (Å²) in [5.41, 5.74) is 4.70. The molecule has 1 nitrogen and oxygen atoms in total. The van der Waals surface area contributed by atoms with Gasteiger partial charge in [0.15, 0.2) is 0 Å². The highest BCUT2D eigenvalue weighted by Crippen LogP contribution is 2.51. The van der Waals surface area contributed by atoms with E-state index in [1.54, 1.807) is 0 Å². The third-order valence-electron chi connectivity index (χ3n) is 5.59. The third-order valence-corrected chi connectivity index (χ3v) is 5.95. The zero-order valence-corrected chi connectivity index (χ0v) is 13.8. The number of rotatable bonds is 2. The quantitative estimate of drug-likeness (QED) is 0.763. The first-order chi connectivity index (χ1) is 10.7. The molecule has 0 spiro atoms. The smallest absolute Gasteiger partial charge is 0.0440 e. The number of nitrogens with zero attached hydrogens (tertiary/aromatic N) is 1. The first kappa shape index (κ1) is 14.3. The molecule has 0 amide bonds. The van der Waals surface area contributed by atoms with E-state index in [0.29, 0.717) is 11.3 Å². The van der Waals surface area contributed by atoms with Crippen LogP contribution in [-0.2, 0) is 13.0 Å². The Balaban J connectivity index is 1.61. The molecule has 0 aromatic heterocycles. The SMILES string of the molecule is C[C@@]12CCc3c(Cl)cccc3[C@@H]1CN(Cc1ccccc1)C2. The second-order valence-corrected chi connectivity index (χ2v) is 7.58. The second kappa shape index (κ2) is 5.40. The molecule has 0 N–H and O–H groups in total. The van der Waals surface area contributed by atoms with Crippen LogP contribution in [0.1, 0.15) is 36.0 Å². The van der Waals surface area contributed by atoms with Gasteiger partial charge in [-0.2, -0.15) is 0 Å². The maximum absolute atomic E-state index is 6.43. The number of hydrogen-bond acceptors (Lipinski definition) is 1. The van der Waals surface area contributed by atoms with Gasteiger partial charge in [-0.15, -0.1) is 0 Å². The lowest BCUT2D eigenvalue weighted by atomic mass is 9.67. The highest BCUT2D eigenvalue weighted by Gasteiger charge is 2.46. The van der Waals surface area contributed by atoms with Crippen molar-refractivity contribution in [2.45, 2.75) is 32.2 Å². The molecule has 4 rings (SSSR count). The van der Waals surface area contributed by atoms with Gasteiger partial charge in [-0.1, -0.05) is 61.0 Å². The Morgan fingerprint density at radius 1 is 1.14 bits per heavy atom. The van der Waals surface area contributed by atoms with Gasteiger partial charge in [0.2, 0.25) is 0 Å². The average molecular weight is 312 g/mol. The molecule has 2 aromatic carbocycles. The van der Waals surface area contributed by atoms with E-state index in [1.165, 1.54) is 29.7 Å². The Kier molecular flexibility index (Phi) is 3.51. The number of halogens is 1. The molecule has 2 aromatic rings. The molecule has 114 valence electrons. The van der Waals surface area contributed by atoms with Gasteiger partial charge in [0, 0.05) is 30.6 Å². The summed E-state index contributed by atoms with van der Waals surface area (Å²) in [6.07, 6.45) is 2.38. The second-order valence-electron chi connectivity index (χ2n) is 7.17. The van der Waals surface area contributed by atoms with Crippen LogP contribution in [0.3, 0.4) is 0 Å². The van der Waals surface area contributed by atoms with E-state index in [4.69, 9.17) is 11.6 Å². The van der Waals surface area contributed by atoms with Gasteiger partial charge in [-0.25, -0.2) is 0 Å². The summed E-state index contributed by atoms with van der Waals surface area (Å²) < 4.78 is 0. The molecule has 22 heavy (non-hydrogen) atoms. The van der Waals surface area contributed by atoms with Crippen molar-refractivity contribution in [3.05, 3.63) is 70.2 Å². The van der Waals surface area contributed by atoms with Crippen LogP contribution in [-0.4, -0.2) is 18.0 Å². The van der Waals surface area contributed by atoms with Crippen LogP contribution in [0.15, 0.2) is 48.5 Å². The first-order valence-corrected chi connectivity index (χ1v) is 8.57. The highest BCUT2D eigenvalue weighted by molar-refractivity contribution is 6.31.